The van der Waals surface area contributed by atoms with Gasteiger partial charge in [0.2, 0.25) is 0 Å². The topological polar surface area (TPSA) is 98.4 Å². The Morgan fingerprint density at radius 2 is 1.97 bits per heavy atom. The quantitative estimate of drug-likeness (QED) is 0.416. The van der Waals surface area contributed by atoms with Crippen molar-refractivity contribution in [2.24, 2.45) is 0 Å². The van der Waals surface area contributed by atoms with E-state index in [1.54, 1.807) is 0 Å². The lowest BCUT2D eigenvalue weighted by Gasteiger charge is -2.26. The minimum atomic E-state index is -4.86. The summed E-state index contributed by atoms with van der Waals surface area (Å²) in [6, 6.07) is 4.52. The fourth-order valence-electron chi connectivity index (χ4n) is 3.73. The van der Waals surface area contributed by atoms with Crippen LogP contribution < -0.4 is 15.7 Å². The Labute approximate surface area is 211 Å². The van der Waals surface area contributed by atoms with Gasteiger partial charge in [0.15, 0.2) is 11.9 Å². The van der Waals surface area contributed by atoms with E-state index in [-0.39, 0.29) is 16.9 Å². The van der Waals surface area contributed by atoms with Crippen molar-refractivity contribution < 1.29 is 36.6 Å². The average Bonchev–Trinajstić information content (AvgIpc) is 3.11. The second-order valence-electron chi connectivity index (χ2n) is 8.38. The van der Waals surface area contributed by atoms with Crippen LogP contribution in [0.2, 0.25) is 5.02 Å². The van der Waals surface area contributed by atoms with Gasteiger partial charge in [-0.2, -0.15) is 17.9 Å². The molecule has 4 rings (SSSR count). The standard InChI is InChI=1S/C23H20ClF5N4O4/c1-11(23(27,28)29)37-18-9-17(33-22(36)32(12-4-2-5-12)19(10-34)31-33)16(26)8-13(18)21(35)30-20-14(24)6-3-7-15(20)25/h3,6-9,11-12,34H,2,4-5,10H2,1H3,(H,30,35). The van der Waals surface area contributed by atoms with Crippen molar-refractivity contribution in [1.82, 2.24) is 14.3 Å². The van der Waals surface area contributed by atoms with Gasteiger partial charge in [0.1, 0.15) is 29.7 Å². The van der Waals surface area contributed by atoms with Gasteiger partial charge in [-0.25, -0.2) is 13.6 Å². The number of aromatic nitrogens is 3. The SMILES string of the molecule is CC(Oc1cc(-n2nc(CO)n(C3CCC3)c2=O)c(F)cc1C(=O)Nc1c(F)cccc1Cl)C(F)(F)F. The van der Waals surface area contributed by atoms with E-state index in [1.165, 1.54) is 16.7 Å². The number of anilines is 1. The van der Waals surface area contributed by atoms with E-state index in [1.807, 2.05) is 0 Å². The molecule has 198 valence electrons. The Hall–Kier alpha value is -3.45. The molecule has 1 unspecified atom stereocenters. The van der Waals surface area contributed by atoms with Crippen LogP contribution in [0.1, 0.15) is 48.4 Å². The summed E-state index contributed by atoms with van der Waals surface area (Å²) in [5.74, 6) is -4.17. The van der Waals surface area contributed by atoms with Crippen LogP contribution in [0.4, 0.5) is 27.6 Å². The summed E-state index contributed by atoms with van der Waals surface area (Å²) in [5, 5.41) is 15.5. The lowest BCUT2D eigenvalue weighted by molar-refractivity contribution is -0.189. The van der Waals surface area contributed by atoms with Gasteiger partial charge < -0.3 is 15.2 Å². The van der Waals surface area contributed by atoms with Crippen LogP contribution in [0.25, 0.3) is 5.69 Å². The van der Waals surface area contributed by atoms with Crippen LogP contribution >= 0.6 is 11.6 Å². The molecular formula is C23H20ClF5N4O4. The van der Waals surface area contributed by atoms with E-state index in [0.717, 1.165) is 18.6 Å². The molecule has 1 fully saturated rings. The molecule has 1 amide bonds. The van der Waals surface area contributed by atoms with Gasteiger partial charge in [-0.05, 0) is 44.4 Å². The number of benzene rings is 2. The van der Waals surface area contributed by atoms with E-state index in [4.69, 9.17) is 16.3 Å². The number of aliphatic hydroxyl groups excluding tert-OH is 1. The minimum absolute atomic E-state index is 0.0590. The van der Waals surface area contributed by atoms with Crippen molar-refractivity contribution >= 4 is 23.2 Å². The monoisotopic (exact) mass is 546 g/mol. The molecule has 2 N–H and O–H groups in total. The number of nitrogens with one attached hydrogen (secondary N) is 1. The third kappa shape index (κ3) is 5.18. The number of halogens is 6. The first-order chi connectivity index (χ1) is 17.4. The van der Waals surface area contributed by atoms with Gasteiger partial charge >= 0.3 is 11.9 Å². The van der Waals surface area contributed by atoms with Crippen molar-refractivity contribution in [2.45, 2.75) is 51.1 Å². The molecule has 1 aliphatic rings. The summed E-state index contributed by atoms with van der Waals surface area (Å²) in [6.07, 6.45) is -5.19. The van der Waals surface area contributed by atoms with Crippen LogP contribution in [-0.4, -0.2) is 37.6 Å². The highest BCUT2D eigenvalue weighted by Crippen LogP contribution is 2.34. The molecule has 8 nitrogen and oxygen atoms in total. The summed E-state index contributed by atoms with van der Waals surface area (Å²) in [5.41, 5.74) is -2.62. The van der Waals surface area contributed by atoms with Crippen molar-refractivity contribution in [3.63, 3.8) is 0 Å². The number of ether oxygens (including phenoxy) is 1. The van der Waals surface area contributed by atoms with E-state index in [0.29, 0.717) is 30.5 Å². The average molecular weight is 547 g/mol. The zero-order chi connectivity index (χ0) is 27.1. The fourth-order valence-corrected chi connectivity index (χ4v) is 3.94. The van der Waals surface area contributed by atoms with E-state index in [9.17, 15) is 32.3 Å². The first kappa shape index (κ1) is 26.6. The predicted octanol–water partition coefficient (Wildman–Crippen LogP) is 4.76. The van der Waals surface area contributed by atoms with E-state index in [2.05, 4.69) is 10.4 Å². The van der Waals surface area contributed by atoms with Gasteiger partial charge in [-0.1, -0.05) is 17.7 Å². The van der Waals surface area contributed by atoms with Gasteiger partial charge in [0.05, 0.1) is 16.3 Å². The molecule has 0 radical (unpaired) electrons. The second-order valence-corrected chi connectivity index (χ2v) is 8.78. The number of hydrogen-bond donors (Lipinski definition) is 2. The fraction of sp³-hybridized carbons (Fsp3) is 0.348. The summed E-state index contributed by atoms with van der Waals surface area (Å²) >= 11 is 5.89. The number of alkyl halides is 3. The third-order valence-corrected chi connectivity index (χ3v) is 6.26. The maximum absolute atomic E-state index is 15.2. The molecule has 0 aliphatic heterocycles. The molecule has 14 heteroatoms. The van der Waals surface area contributed by atoms with E-state index >= 15 is 4.39 Å². The molecule has 0 saturated heterocycles. The maximum atomic E-state index is 15.2. The van der Waals surface area contributed by atoms with Crippen molar-refractivity contribution in [1.29, 1.82) is 0 Å². The van der Waals surface area contributed by atoms with Crippen LogP contribution in [0.15, 0.2) is 35.1 Å². The first-order valence-electron chi connectivity index (χ1n) is 11.1. The number of hydrogen-bond acceptors (Lipinski definition) is 5. The molecule has 1 atom stereocenters. The number of para-hydroxylation sites is 1. The zero-order valence-corrected chi connectivity index (χ0v) is 19.9. The molecule has 0 bridgehead atoms. The largest absolute Gasteiger partial charge is 0.480 e. The molecule has 0 spiro atoms. The molecular weight excluding hydrogens is 527 g/mol. The zero-order valence-electron chi connectivity index (χ0n) is 19.2. The Kier molecular flexibility index (Phi) is 7.29. The number of rotatable bonds is 7. The Morgan fingerprint density at radius 1 is 1.27 bits per heavy atom. The maximum Gasteiger partial charge on any atom is 0.425 e. The highest BCUT2D eigenvalue weighted by molar-refractivity contribution is 6.34. The number of carbonyl (C=O) groups is 1. The summed E-state index contributed by atoms with van der Waals surface area (Å²) in [6.45, 7) is 0.0263. The lowest BCUT2D eigenvalue weighted by Crippen LogP contribution is -2.33. The summed E-state index contributed by atoms with van der Waals surface area (Å²) < 4.78 is 75.9. The molecule has 3 aromatic rings. The van der Waals surface area contributed by atoms with Gasteiger partial charge in [-0.3, -0.25) is 9.36 Å². The van der Waals surface area contributed by atoms with Crippen molar-refractivity contribution in [2.75, 3.05) is 5.32 Å². The van der Waals surface area contributed by atoms with Crippen LogP contribution in [0, 0.1) is 11.6 Å². The summed E-state index contributed by atoms with van der Waals surface area (Å²) in [4.78, 5) is 25.9. The second kappa shape index (κ2) is 10.1. The molecule has 37 heavy (non-hydrogen) atoms. The van der Waals surface area contributed by atoms with Gasteiger partial charge in [0, 0.05) is 12.1 Å². The summed E-state index contributed by atoms with van der Waals surface area (Å²) in [7, 11) is 0. The number of carbonyl (C=O) groups excluding carboxylic acids is 1. The number of nitrogens with zero attached hydrogens (tertiary/aromatic N) is 3. The lowest BCUT2D eigenvalue weighted by atomic mass is 9.93. The Bertz CT molecular complexity index is 1380. The van der Waals surface area contributed by atoms with Gasteiger partial charge in [0.25, 0.3) is 5.91 Å². The molecule has 1 saturated carbocycles. The molecule has 1 heterocycles. The number of aliphatic hydroxyl groups is 1. The third-order valence-electron chi connectivity index (χ3n) is 5.95. The highest BCUT2D eigenvalue weighted by atomic mass is 35.5. The normalized spacial score (nSPS) is 14.8. The van der Waals surface area contributed by atoms with E-state index < -0.39 is 64.8 Å². The molecule has 1 aliphatic carbocycles. The number of amides is 1. The van der Waals surface area contributed by atoms with Crippen molar-refractivity contribution in [3.8, 4) is 11.4 Å². The molecule has 1 aromatic heterocycles. The molecule has 2 aromatic carbocycles. The Morgan fingerprint density at radius 3 is 2.54 bits per heavy atom. The predicted molar refractivity (Wildman–Crippen MR) is 122 cm³/mol. The van der Waals surface area contributed by atoms with Crippen molar-refractivity contribution in [3.05, 3.63) is 68.9 Å². The first-order valence-corrected chi connectivity index (χ1v) is 11.4. The highest BCUT2D eigenvalue weighted by Gasteiger charge is 2.39. The minimum Gasteiger partial charge on any atom is -0.480 e. The van der Waals surface area contributed by atoms with Crippen LogP contribution in [-0.2, 0) is 6.61 Å². The van der Waals surface area contributed by atoms with Crippen LogP contribution in [0.3, 0.4) is 0 Å². The Balaban J connectivity index is 1.82. The smallest absolute Gasteiger partial charge is 0.425 e. The van der Waals surface area contributed by atoms with Gasteiger partial charge in [-0.15, -0.1) is 5.10 Å². The van der Waals surface area contributed by atoms with Crippen LogP contribution in [0.5, 0.6) is 5.75 Å².